The molecule has 2 aromatic rings. The van der Waals surface area contributed by atoms with Crippen LogP contribution in [0, 0.1) is 11.8 Å². The van der Waals surface area contributed by atoms with Crippen LogP contribution in [0.2, 0.25) is 5.04 Å². The SMILES string of the molecule is CC(C)(C)[Si](OCC#CC(O)CCCCCO)(c1ccccc1)c1ccccc1. The van der Waals surface area contributed by atoms with Crippen LogP contribution < -0.4 is 10.4 Å². The molecule has 156 valence electrons. The van der Waals surface area contributed by atoms with Gasteiger partial charge in [-0.2, -0.15) is 0 Å². The minimum atomic E-state index is -2.57. The molecular formula is C25H34O3Si. The fraction of sp³-hybridized carbons (Fsp3) is 0.440. The van der Waals surface area contributed by atoms with E-state index in [1.54, 1.807) is 0 Å². The van der Waals surface area contributed by atoms with E-state index in [0.717, 1.165) is 19.3 Å². The predicted octanol–water partition coefficient (Wildman–Crippen LogP) is 3.48. The Balaban J connectivity index is 2.23. The highest BCUT2D eigenvalue weighted by Gasteiger charge is 2.49. The van der Waals surface area contributed by atoms with Gasteiger partial charge in [0.05, 0.1) is 6.61 Å². The molecule has 0 heterocycles. The minimum absolute atomic E-state index is 0.0830. The summed E-state index contributed by atoms with van der Waals surface area (Å²) in [6.45, 7) is 7.21. The lowest BCUT2D eigenvalue weighted by Gasteiger charge is -2.42. The summed E-state index contributed by atoms with van der Waals surface area (Å²) in [5.41, 5.74) is 0. The van der Waals surface area contributed by atoms with Crippen LogP contribution in [0.4, 0.5) is 0 Å². The van der Waals surface area contributed by atoms with Gasteiger partial charge in [-0.05, 0) is 34.7 Å². The van der Waals surface area contributed by atoms with Crippen molar-refractivity contribution >= 4 is 18.7 Å². The Morgan fingerprint density at radius 1 is 0.897 bits per heavy atom. The zero-order chi connectivity index (χ0) is 21.2. The molecule has 0 saturated carbocycles. The molecule has 0 aliphatic carbocycles. The second-order valence-corrected chi connectivity index (χ2v) is 12.7. The largest absolute Gasteiger partial charge is 0.396 e. The summed E-state index contributed by atoms with van der Waals surface area (Å²) in [5.74, 6) is 5.98. The van der Waals surface area contributed by atoms with E-state index in [-0.39, 0.29) is 11.6 Å². The van der Waals surface area contributed by atoms with E-state index in [0.29, 0.717) is 13.0 Å². The van der Waals surface area contributed by atoms with Gasteiger partial charge in [0.2, 0.25) is 0 Å². The fourth-order valence-electron chi connectivity index (χ4n) is 3.76. The molecule has 0 fully saturated rings. The molecule has 0 aliphatic heterocycles. The third kappa shape index (κ3) is 6.29. The van der Waals surface area contributed by atoms with Crippen LogP contribution in [-0.4, -0.2) is 37.8 Å². The van der Waals surface area contributed by atoms with Gasteiger partial charge in [-0.15, -0.1) is 0 Å². The maximum absolute atomic E-state index is 10.1. The van der Waals surface area contributed by atoms with Crippen molar-refractivity contribution < 1.29 is 14.6 Å². The zero-order valence-electron chi connectivity index (χ0n) is 17.9. The Bertz CT molecular complexity index is 733. The van der Waals surface area contributed by atoms with Gasteiger partial charge in [0.25, 0.3) is 8.32 Å². The lowest BCUT2D eigenvalue weighted by molar-refractivity contribution is 0.213. The Labute approximate surface area is 176 Å². The molecule has 0 bridgehead atoms. The van der Waals surface area contributed by atoms with Gasteiger partial charge < -0.3 is 14.6 Å². The van der Waals surface area contributed by atoms with Crippen molar-refractivity contribution in [3.05, 3.63) is 60.7 Å². The quantitative estimate of drug-likeness (QED) is 0.378. The average molecular weight is 411 g/mol. The van der Waals surface area contributed by atoms with Gasteiger partial charge in [-0.1, -0.05) is 99.7 Å². The highest BCUT2D eigenvalue weighted by atomic mass is 28.4. The van der Waals surface area contributed by atoms with E-state index < -0.39 is 14.4 Å². The molecule has 3 nitrogen and oxygen atoms in total. The van der Waals surface area contributed by atoms with Crippen LogP contribution in [0.3, 0.4) is 0 Å². The second kappa shape index (κ2) is 11.3. The van der Waals surface area contributed by atoms with Gasteiger partial charge in [-0.3, -0.25) is 0 Å². The number of rotatable bonds is 9. The maximum Gasteiger partial charge on any atom is 0.262 e. The van der Waals surface area contributed by atoms with Gasteiger partial charge in [0, 0.05) is 6.61 Å². The van der Waals surface area contributed by atoms with E-state index in [4.69, 9.17) is 9.53 Å². The molecule has 4 heteroatoms. The first-order valence-corrected chi connectivity index (χ1v) is 12.3. The van der Waals surface area contributed by atoms with Crippen LogP contribution in [0.25, 0.3) is 0 Å². The van der Waals surface area contributed by atoms with Crippen molar-refractivity contribution in [3.63, 3.8) is 0 Å². The number of unbranched alkanes of at least 4 members (excludes halogenated alkanes) is 2. The van der Waals surface area contributed by atoms with Crippen molar-refractivity contribution in [2.45, 2.75) is 57.6 Å². The molecule has 2 rings (SSSR count). The van der Waals surface area contributed by atoms with E-state index >= 15 is 0 Å². The molecule has 0 aromatic heterocycles. The summed E-state index contributed by atoms with van der Waals surface area (Å²) in [5, 5.41) is 21.3. The van der Waals surface area contributed by atoms with E-state index in [1.807, 2.05) is 12.1 Å². The Kier molecular flexibility index (Phi) is 9.13. The summed E-state index contributed by atoms with van der Waals surface area (Å²) in [6, 6.07) is 21.0. The standard InChI is InChI=1S/C25H34O3Si/c1-25(2,3)29(23-16-8-4-9-17-23,24-18-10-5-11-19-24)28-21-13-15-22(27)14-7-6-12-20-26/h4-5,8-11,16-19,22,26-27H,6-7,12,14,20-21H2,1-3H3. The number of aliphatic hydroxyl groups excluding tert-OH is 2. The van der Waals surface area contributed by atoms with Crippen LogP contribution in [0.1, 0.15) is 46.5 Å². The zero-order valence-corrected chi connectivity index (χ0v) is 18.9. The first-order chi connectivity index (χ1) is 13.9. The normalized spacial score (nSPS) is 12.9. The molecule has 0 spiro atoms. The fourth-order valence-corrected chi connectivity index (χ4v) is 8.21. The first kappa shape index (κ1) is 23.4. The molecule has 0 aliphatic rings. The van der Waals surface area contributed by atoms with Crippen LogP contribution >= 0.6 is 0 Å². The van der Waals surface area contributed by atoms with Crippen molar-refractivity contribution in [1.82, 2.24) is 0 Å². The molecule has 1 atom stereocenters. The monoisotopic (exact) mass is 410 g/mol. The molecule has 1 unspecified atom stereocenters. The van der Waals surface area contributed by atoms with Gasteiger partial charge >= 0.3 is 0 Å². The van der Waals surface area contributed by atoms with Crippen LogP contribution in [0.15, 0.2) is 60.7 Å². The number of hydrogen-bond donors (Lipinski definition) is 2. The Morgan fingerprint density at radius 3 is 1.93 bits per heavy atom. The molecule has 2 aromatic carbocycles. The van der Waals surface area contributed by atoms with Gasteiger partial charge in [0.15, 0.2) is 0 Å². The van der Waals surface area contributed by atoms with Crippen molar-refractivity contribution in [2.24, 2.45) is 0 Å². The van der Waals surface area contributed by atoms with E-state index in [9.17, 15) is 5.11 Å². The lowest BCUT2D eigenvalue weighted by Crippen LogP contribution is -2.66. The second-order valence-electron chi connectivity index (χ2n) is 8.36. The van der Waals surface area contributed by atoms with E-state index in [2.05, 4.69) is 81.1 Å². The molecule has 29 heavy (non-hydrogen) atoms. The molecule has 0 saturated heterocycles. The summed E-state index contributed by atoms with van der Waals surface area (Å²) in [7, 11) is -2.57. The maximum atomic E-state index is 10.1. The van der Waals surface area contributed by atoms with Gasteiger partial charge in [0.1, 0.15) is 6.10 Å². The van der Waals surface area contributed by atoms with Gasteiger partial charge in [-0.25, -0.2) is 0 Å². The minimum Gasteiger partial charge on any atom is -0.396 e. The highest BCUT2D eigenvalue weighted by molar-refractivity contribution is 6.99. The summed E-state index contributed by atoms with van der Waals surface area (Å²) in [6.07, 6.45) is 2.54. The number of aliphatic hydroxyl groups is 2. The lowest BCUT2D eigenvalue weighted by atomic mass is 10.1. The predicted molar refractivity (Wildman–Crippen MR) is 123 cm³/mol. The topological polar surface area (TPSA) is 49.7 Å². The molecule has 2 N–H and O–H groups in total. The summed E-state index contributed by atoms with van der Waals surface area (Å²) >= 11 is 0. The Morgan fingerprint density at radius 2 is 1.45 bits per heavy atom. The summed E-state index contributed by atoms with van der Waals surface area (Å²) in [4.78, 5) is 0. The average Bonchev–Trinajstić information content (AvgIpc) is 2.72. The van der Waals surface area contributed by atoms with Crippen molar-refractivity contribution in [3.8, 4) is 11.8 Å². The number of benzene rings is 2. The Hall–Kier alpha value is -1.90. The van der Waals surface area contributed by atoms with Crippen LogP contribution in [-0.2, 0) is 4.43 Å². The number of hydrogen-bond acceptors (Lipinski definition) is 3. The molecule has 0 radical (unpaired) electrons. The third-order valence-corrected chi connectivity index (χ3v) is 10.2. The smallest absolute Gasteiger partial charge is 0.262 e. The molecule has 0 amide bonds. The summed E-state index contributed by atoms with van der Waals surface area (Å²) < 4.78 is 6.68. The van der Waals surface area contributed by atoms with Crippen molar-refractivity contribution in [2.75, 3.05) is 13.2 Å². The third-order valence-electron chi connectivity index (χ3n) is 5.18. The highest BCUT2D eigenvalue weighted by Crippen LogP contribution is 2.36. The van der Waals surface area contributed by atoms with E-state index in [1.165, 1.54) is 10.4 Å². The van der Waals surface area contributed by atoms with Crippen molar-refractivity contribution in [1.29, 1.82) is 0 Å². The van der Waals surface area contributed by atoms with Crippen LogP contribution in [0.5, 0.6) is 0 Å². The first-order valence-electron chi connectivity index (χ1n) is 10.4. The molecular weight excluding hydrogens is 376 g/mol.